The van der Waals surface area contributed by atoms with E-state index >= 15 is 0 Å². The number of benzene rings is 1. The van der Waals surface area contributed by atoms with Gasteiger partial charge < -0.3 is 10.2 Å². The lowest BCUT2D eigenvalue weighted by molar-refractivity contribution is -0.122. The number of hydrogen-bond donors (Lipinski definition) is 2. The highest BCUT2D eigenvalue weighted by Crippen LogP contribution is 2.29. The van der Waals surface area contributed by atoms with Gasteiger partial charge in [0.2, 0.25) is 5.91 Å². The van der Waals surface area contributed by atoms with E-state index in [0.29, 0.717) is 12.2 Å². The van der Waals surface area contributed by atoms with Gasteiger partial charge >= 0.3 is 0 Å². The molecule has 1 aliphatic heterocycles. The number of carbonyl (C=O) groups excluding carboxylic acids is 1. The molecule has 3 heterocycles. The molecule has 0 radical (unpaired) electrons. The van der Waals surface area contributed by atoms with Crippen LogP contribution in [0.25, 0.3) is 10.9 Å². The van der Waals surface area contributed by atoms with Gasteiger partial charge in [-0.25, -0.2) is 9.97 Å². The van der Waals surface area contributed by atoms with Crippen molar-refractivity contribution in [3.63, 3.8) is 0 Å². The summed E-state index contributed by atoms with van der Waals surface area (Å²) in [6.07, 6.45) is 4.92. The molecule has 2 aromatic heterocycles. The number of nitrogens with zero attached hydrogens (tertiary/aromatic N) is 5. The molecule has 1 atom stereocenters. The lowest BCUT2D eigenvalue weighted by atomic mass is 10.2. The first-order chi connectivity index (χ1) is 11.8. The van der Waals surface area contributed by atoms with E-state index in [4.69, 9.17) is 0 Å². The van der Waals surface area contributed by atoms with Crippen molar-refractivity contribution in [3.8, 4) is 0 Å². The van der Waals surface area contributed by atoms with Gasteiger partial charge in [0, 0.05) is 11.9 Å². The first-order valence-corrected chi connectivity index (χ1v) is 7.91. The monoisotopic (exact) mass is 323 g/mol. The SMILES string of the molecule is O=C(NCc1cn[nH]n1)C1CCCN1c1ncnc2ccccc12. The van der Waals surface area contributed by atoms with Crippen molar-refractivity contribution in [1.29, 1.82) is 0 Å². The molecule has 4 rings (SSSR count). The number of nitrogens with one attached hydrogen (secondary N) is 2. The summed E-state index contributed by atoms with van der Waals surface area (Å²) in [6.45, 7) is 1.17. The van der Waals surface area contributed by atoms with Crippen molar-refractivity contribution in [1.82, 2.24) is 30.7 Å². The van der Waals surface area contributed by atoms with Crippen LogP contribution < -0.4 is 10.2 Å². The van der Waals surface area contributed by atoms with Crippen LogP contribution in [0.2, 0.25) is 0 Å². The van der Waals surface area contributed by atoms with Crippen molar-refractivity contribution < 1.29 is 4.79 Å². The summed E-state index contributed by atoms with van der Waals surface area (Å²) < 4.78 is 0. The first kappa shape index (κ1) is 14.6. The normalized spacial score (nSPS) is 17.3. The van der Waals surface area contributed by atoms with Crippen molar-refractivity contribution >= 4 is 22.6 Å². The molecular formula is C16H17N7O. The molecule has 2 N–H and O–H groups in total. The second kappa shape index (κ2) is 6.23. The maximum Gasteiger partial charge on any atom is 0.243 e. The molecule has 1 amide bonds. The molecule has 24 heavy (non-hydrogen) atoms. The highest BCUT2D eigenvalue weighted by atomic mass is 16.2. The Kier molecular flexibility index (Phi) is 3.78. The minimum absolute atomic E-state index is 0.0156. The summed E-state index contributed by atoms with van der Waals surface area (Å²) in [4.78, 5) is 23.4. The zero-order valence-corrected chi connectivity index (χ0v) is 13.0. The first-order valence-electron chi connectivity index (χ1n) is 7.91. The molecule has 0 bridgehead atoms. The molecule has 1 fully saturated rings. The minimum atomic E-state index is -0.227. The predicted molar refractivity (Wildman–Crippen MR) is 88.1 cm³/mol. The number of H-pyrrole nitrogens is 1. The Morgan fingerprint density at radius 3 is 3.12 bits per heavy atom. The van der Waals surface area contributed by atoms with Crippen LogP contribution in [0.1, 0.15) is 18.5 Å². The van der Waals surface area contributed by atoms with E-state index < -0.39 is 0 Å². The highest BCUT2D eigenvalue weighted by molar-refractivity contribution is 5.93. The maximum atomic E-state index is 12.6. The van der Waals surface area contributed by atoms with Gasteiger partial charge in [-0.3, -0.25) is 4.79 Å². The lowest BCUT2D eigenvalue weighted by Crippen LogP contribution is -2.43. The zero-order valence-electron chi connectivity index (χ0n) is 13.0. The number of aromatic amines is 1. The van der Waals surface area contributed by atoms with Crippen LogP contribution in [0.15, 0.2) is 36.8 Å². The Bertz CT molecular complexity index is 843. The molecular weight excluding hydrogens is 306 g/mol. The van der Waals surface area contributed by atoms with E-state index in [0.717, 1.165) is 36.1 Å². The molecule has 8 heteroatoms. The van der Waals surface area contributed by atoms with Crippen LogP contribution in [0.4, 0.5) is 5.82 Å². The third-order valence-corrected chi connectivity index (χ3v) is 4.26. The molecule has 0 saturated carbocycles. The van der Waals surface area contributed by atoms with E-state index in [9.17, 15) is 4.79 Å². The second-order valence-corrected chi connectivity index (χ2v) is 5.74. The molecule has 1 saturated heterocycles. The fourth-order valence-corrected chi connectivity index (χ4v) is 3.12. The number of amides is 1. The Morgan fingerprint density at radius 1 is 1.33 bits per heavy atom. The van der Waals surface area contributed by atoms with Crippen LogP contribution in [-0.2, 0) is 11.3 Å². The molecule has 1 aliphatic rings. The predicted octanol–water partition coefficient (Wildman–Crippen LogP) is 1.03. The molecule has 1 unspecified atom stereocenters. The summed E-state index contributed by atoms with van der Waals surface area (Å²) in [7, 11) is 0. The number of hydrogen-bond acceptors (Lipinski definition) is 6. The van der Waals surface area contributed by atoms with Crippen LogP contribution in [0.5, 0.6) is 0 Å². The molecule has 0 spiro atoms. The number of fused-ring (bicyclic) bond motifs is 1. The third-order valence-electron chi connectivity index (χ3n) is 4.26. The topological polar surface area (TPSA) is 99.7 Å². The van der Waals surface area contributed by atoms with Crippen LogP contribution in [-0.4, -0.2) is 43.9 Å². The van der Waals surface area contributed by atoms with Gasteiger partial charge in [-0.1, -0.05) is 12.1 Å². The van der Waals surface area contributed by atoms with Crippen molar-refractivity contribution in [2.24, 2.45) is 0 Å². The maximum absolute atomic E-state index is 12.6. The van der Waals surface area contributed by atoms with E-state index in [2.05, 4.69) is 35.6 Å². The van der Waals surface area contributed by atoms with Crippen molar-refractivity contribution in [3.05, 3.63) is 42.5 Å². The fourth-order valence-electron chi connectivity index (χ4n) is 3.12. The Balaban J connectivity index is 1.56. The fraction of sp³-hybridized carbons (Fsp3) is 0.312. The average molecular weight is 323 g/mol. The summed E-state index contributed by atoms with van der Waals surface area (Å²) in [6, 6.07) is 7.63. The Morgan fingerprint density at radius 2 is 2.25 bits per heavy atom. The molecule has 3 aromatic rings. The van der Waals surface area contributed by atoms with Gasteiger partial charge in [-0.05, 0) is 25.0 Å². The third kappa shape index (κ3) is 2.66. The smallest absolute Gasteiger partial charge is 0.243 e. The van der Waals surface area contributed by atoms with E-state index in [1.165, 1.54) is 0 Å². The summed E-state index contributed by atoms with van der Waals surface area (Å²) in [5.41, 5.74) is 1.59. The van der Waals surface area contributed by atoms with E-state index in [1.54, 1.807) is 12.5 Å². The zero-order chi connectivity index (χ0) is 16.4. The van der Waals surface area contributed by atoms with Gasteiger partial charge in [0.15, 0.2) is 0 Å². The van der Waals surface area contributed by atoms with Gasteiger partial charge in [0.05, 0.1) is 18.3 Å². The highest BCUT2D eigenvalue weighted by Gasteiger charge is 2.32. The number of carbonyl (C=O) groups is 1. The Hall–Kier alpha value is -3.03. The van der Waals surface area contributed by atoms with E-state index in [-0.39, 0.29) is 11.9 Å². The average Bonchev–Trinajstić information content (AvgIpc) is 3.31. The quantitative estimate of drug-likeness (QED) is 0.744. The van der Waals surface area contributed by atoms with Gasteiger partial charge in [-0.2, -0.15) is 15.4 Å². The molecule has 0 aliphatic carbocycles. The molecule has 122 valence electrons. The second-order valence-electron chi connectivity index (χ2n) is 5.74. The lowest BCUT2D eigenvalue weighted by Gasteiger charge is -2.25. The molecule has 8 nitrogen and oxygen atoms in total. The minimum Gasteiger partial charge on any atom is -0.349 e. The van der Waals surface area contributed by atoms with E-state index in [1.807, 2.05) is 24.3 Å². The number of para-hydroxylation sites is 1. The summed E-state index contributed by atoms with van der Waals surface area (Å²) >= 11 is 0. The summed E-state index contributed by atoms with van der Waals surface area (Å²) in [5.74, 6) is 0.804. The van der Waals surface area contributed by atoms with Crippen LogP contribution in [0, 0.1) is 0 Å². The van der Waals surface area contributed by atoms with Gasteiger partial charge in [-0.15, -0.1) is 0 Å². The largest absolute Gasteiger partial charge is 0.349 e. The van der Waals surface area contributed by atoms with Crippen LogP contribution >= 0.6 is 0 Å². The molecule has 1 aromatic carbocycles. The number of anilines is 1. The van der Waals surface area contributed by atoms with Crippen molar-refractivity contribution in [2.75, 3.05) is 11.4 Å². The summed E-state index contributed by atoms with van der Waals surface area (Å²) in [5, 5.41) is 14.1. The van der Waals surface area contributed by atoms with Gasteiger partial charge in [0.25, 0.3) is 0 Å². The standard InChI is InChI=1S/C16H17N7O/c24-16(17-8-11-9-20-22-21-11)14-6-3-7-23(14)15-12-4-1-2-5-13(12)18-10-19-15/h1-2,4-5,9-10,14H,3,6-8H2,(H,17,24)(H,20,21,22). The Labute approximate surface area is 138 Å². The van der Waals surface area contributed by atoms with Crippen molar-refractivity contribution in [2.45, 2.75) is 25.4 Å². The van der Waals surface area contributed by atoms with Gasteiger partial charge in [0.1, 0.15) is 23.9 Å². The van der Waals surface area contributed by atoms with Crippen LogP contribution in [0.3, 0.4) is 0 Å². The number of rotatable bonds is 4. The number of aromatic nitrogens is 5.